The minimum Gasteiger partial charge on any atom is -0.371 e. The summed E-state index contributed by atoms with van der Waals surface area (Å²) in [6.07, 6.45) is 5.85. The number of halogens is 3. The van der Waals surface area contributed by atoms with Crippen LogP contribution in [0.1, 0.15) is 19.3 Å². The SMILES string of the molecule is CS(=O)(=O)c1cc(F)c(NC2CCN(C3CCN(c4cnc(Cl)cn4)CC3)C2=O)cc1F. The summed E-state index contributed by atoms with van der Waals surface area (Å²) in [6.45, 7) is 1.92. The molecule has 1 N–H and O–H groups in total. The second-order valence-corrected chi connectivity index (χ2v) is 10.3. The molecule has 0 bridgehead atoms. The minimum atomic E-state index is -3.90. The zero-order valence-corrected chi connectivity index (χ0v) is 18.8. The second kappa shape index (κ2) is 8.78. The molecule has 2 aliphatic heterocycles. The van der Waals surface area contributed by atoms with E-state index in [-0.39, 0.29) is 17.6 Å². The van der Waals surface area contributed by atoms with E-state index in [1.807, 2.05) is 0 Å². The van der Waals surface area contributed by atoms with Crippen LogP contribution in [-0.2, 0) is 14.6 Å². The predicted molar refractivity (Wildman–Crippen MR) is 115 cm³/mol. The zero-order valence-electron chi connectivity index (χ0n) is 17.3. The molecule has 2 aromatic rings. The van der Waals surface area contributed by atoms with Crippen molar-refractivity contribution in [1.29, 1.82) is 0 Å². The molecule has 0 aliphatic carbocycles. The van der Waals surface area contributed by atoms with E-state index in [4.69, 9.17) is 11.6 Å². The fraction of sp³-hybridized carbons (Fsp3) is 0.450. The topological polar surface area (TPSA) is 95.5 Å². The first-order valence-corrected chi connectivity index (χ1v) is 12.4. The van der Waals surface area contributed by atoms with Crippen molar-refractivity contribution in [3.05, 3.63) is 41.3 Å². The first-order chi connectivity index (χ1) is 15.1. The van der Waals surface area contributed by atoms with Crippen molar-refractivity contribution >= 4 is 38.9 Å². The number of nitrogens with zero attached hydrogens (tertiary/aromatic N) is 4. The fourth-order valence-corrected chi connectivity index (χ4v) is 5.01. The third kappa shape index (κ3) is 4.63. The van der Waals surface area contributed by atoms with Gasteiger partial charge in [0.1, 0.15) is 33.5 Å². The number of carbonyl (C=O) groups excluding carboxylic acids is 1. The number of benzene rings is 1. The van der Waals surface area contributed by atoms with Gasteiger partial charge in [-0.3, -0.25) is 4.79 Å². The van der Waals surface area contributed by atoms with Gasteiger partial charge in [-0.1, -0.05) is 11.6 Å². The van der Waals surface area contributed by atoms with Crippen LogP contribution in [0.2, 0.25) is 5.15 Å². The van der Waals surface area contributed by atoms with E-state index in [2.05, 4.69) is 20.2 Å². The van der Waals surface area contributed by atoms with E-state index in [0.717, 1.165) is 31.0 Å². The molecule has 172 valence electrons. The lowest BCUT2D eigenvalue weighted by atomic mass is 10.0. The lowest BCUT2D eigenvalue weighted by Gasteiger charge is -2.37. The highest BCUT2D eigenvalue weighted by atomic mass is 35.5. The fourth-order valence-electron chi connectivity index (χ4n) is 4.18. The van der Waals surface area contributed by atoms with Gasteiger partial charge in [0.25, 0.3) is 0 Å². The van der Waals surface area contributed by atoms with Gasteiger partial charge in [-0.05, 0) is 25.3 Å². The van der Waals surface area contributed by atoms with Gasteiger partial charge in [-0.2, -0.15) is 0 Å². The Labute approximate surface area is 189 Å². The molecular weight excluding hydrogens is 464 g/mol. The molecule has 2 aliphatic rings. The second-order valence-electron chi connectivity index (χ2n) is 7.97. The van der Waals surface area contributed by atoms with Crippen LogP contribution in [0.25, 0.3) is 0 Å². The number of anilines is 2. The number of nitrogens with one attached hydrogen (secondary N) is 1. The van der Waals surface area contributed by atoms with E-state index < -0.39 is 32.4 Å². The van der Waals surface area contributed by atoms with Crippen LogP contribution in [0.5, 0.6) is 0 Å². The van der Waals surface area contributed by atoms with Gasteiger partial charge in [-0.25, -0.2) is 27.2 Å². The normalized spacial score (nSPS) is 20.1. The number of amides is 1. The third-order valence-corrected chi connectivity index (χ3v) is 7.13. The van der Waals surface area contributed by atoms with Crippen molar-refractivity contribution in [3.63, 3.8) is 0 Å². The zero-order chi connectivity index (χ0) is 23.0. The minimum absolute atomic E-state index is 0.0417. The number of hydrogen-bond acceptors (Lipinski definition) is 7. The summed E-state index contributed by atoms with van der Waals surface area (Å²) in [5, 5.41) is 3.07. The molecule has 1 unspecified atom stereocenters. The molecule has 1 aromatic carbocycles. The molecule has 32 heavy (non-hydrogen) atoms. The summed E-state index contributed by atoms with van der Waals surface area (Å²) in [5.41, 5.74) is -0.230. The standard InChI is InChI=1S/C20H22ClF2N5O3S/c1-32(30,31)17-9-13(22)16(8-14(17)23)26-15-4-7-28(20(15)29)12-2-5-27(6-3-12)19-11-24-18(21)10-25-19/h8-12,15,26H,2-7H2,1H3. The maximum Gasteiger partial charge on any atom is 0.245 e. The van der Waals surface area contributed by atoms with Crippen LogP contribution >= 0.6 is 11.6 Å². The molecule has 4 rings (SSSR count). The monoisotopic (exact) mass is 485 g/mol. The Hall–Kier alpha value is -2.53. The summed E-state index contributed by atoms with van der Waals surface area (Å²) >= 11 is 5.78. The predicted octanol–water partition coefficient (Wildman–Crippen LogP) is 2.49. The van der Waals surface area contributed by atoms with Gasteiger partial charge in [0.15, 0.2) is 9.84 Å². The first kappa shape index (κ1) is 22.7. The Morgan fingerprint density at radius 1 is 1.06 bits per heavy atom. The largest absolute Gasteiger partial charge is 0.371 e. The quantitative estimate of drug-likeness (QED) is 0.695. The van der Waals surface area contributed by atoms with Crippen molar-refractivity contribution in [2.45, 2.75) is 36.2 Å². The third-order valence-electron chi connectivity index (χ3n) is 5.83. The number of rotatable bonds is 5. The van der Waals surface area contributed by atoms with Crippen molar-refractivity contribution in [3.8, 4) is 0 Å². The Balaban J connectivity index is 1.39. The summed E-state index contributed by atoms with van der Waals surface area (Å²) in [7, 11) is -3.90. The van der Waals surface area contributed by atoms with E-state index in [1.54, 1.807) is 11.1 Å². The van der Waals surface area contributed by atoms with Gasteiger partial charge >= 0.3 is 0 Å². The van der Waals surface area contributed by atoms with Crippen molar-refractivity contribution in [1.82, 2.24) is 14.9 Å². The van der Waals surface area contributed by atoms with Crippen LogP contribution in [0, 0.1) is 11.6 Å². The average Bonchev–Trinajstić information content (AvgIpc) is 3.10. The van der Waals surface area contributed by atoms with Gasteiger partial charge < -0.3 is 15.1 Å². The smallest absolute Gasteiger partial charge is 0.245 e. The molecule has 2 fully saturated rings. The van der Waals surface area contributed by atoms with Crippen LogP contribution in [0.15, 0.2) is 29.4 Å². The summed E-state index contributed by atoms with van der Waals surface area (Å²) in [5.74, 6) is -1.43. The van der Waals surface area contributed by atoms with Crippen molar-refractivity contribution in [2.75, 3.05) is 36.1 Å². The van der Waals surface area contributed by atoms with Gasteiger partial charge in [0.2, 0.25) is 5.91 Å². The molecular formula is C20H22ClF2N5O3S. The van der Waals surface area contributed by atoms with E-state index in [1.165, 1.54) is 6.20 Å². The number of aromatic nitrogens is 2. The van der Waals surface area contributed by atoms with Crippen molar-refractivity contribution in [2.24, 2.45) is 0 Å². The molecule has 0 spiro atoms. The van der Waals surface area contributed by atoms with Crippen LogP contribution in [0.4, 0.5) is 20.3 Å². The summed E-state index contributed by atoms with van der Waals surface area (Å²) < 4.78 is 51.7. The highest BCUT2D eigenvalue weighted by Gasteiger charge is 2.37. The summed E-state index contributed by atoms with van der Waals surface area (Å²) in [4.78, 5) is 24.4. The van der Waals surface area contributed by atoms with E-state index in [0.29, 0.717) is 37.3 Å². The molecule has 0 saturated carbocycles. The van der Waals surface area contributed by atoms with Crippen LogP contribution in [0.3, 0.4) is 0 Å². The first-order valence-electron chi connectivity index (χ1n) is 10.1. The lowest BCUT2D eigenvalue weighted by Crippen LogP contribution is -2.47. The highest BCUT2D eigenvalue weighted by Crippen LogP contribution is 2.28. The number of sulfone groups is 1. The highest BCUT2D eigenvalue weighted by molar-refractivity contribution is 7.90. The van der Waals surface area contributed by atoms with Gasteiger partial charge in [0, 0.05) is 38.0 Å². The average molecular weight is 486 g/mol. The Morgan fingerprint density at radius 2 is 1.78 bits per heavy atom. The van der Waals surface area contributed by atoms with Gasteiger partial charge in [-0.15, -0.1) is 0 Å². The molecule has 12 heteroatoms. The van der Waals surface area contributed by atoms with E-state index in [9.17, 15) is 22.0 Å². The Kier molecular flexibility index (Phi) is 6.22. The molecule has 1 atom stereocenters. The molecule has 0 radical (unpaired) electrons. The van der Waals surface area contributed by atoms with Crippen molar-refractivity contribution < 1.29 is 22.0 Å². The molecule has 8 nitrogen and oxygen atoms in total. The molecule has 1 aromatic heterocycles. The van der Waals surface area contributed by atoms with Gasteiger partial charge in [0.05, 0.1) is 18.1 Å². The number of carbonyl (C=O) groups is 1. The van der Waals surface area contributed by atoms with Crippen LogP contribution < -0.4 is 10.2 Å². The number of piperidine rings is 1. The van der Waals surface area contributed by atoms with Crippen LogP contribution in [-0.4, -0.2) is 67.2 Å². The Morgan fingerprint density at radius 3 is 2.41 bits per heavy atom. The maximum absolute atomic E-state index is 14.4. The van der Waals surface area contributed by atoms with E-state index >= 15 is 0 Å². The Bertz CT molecular complexity index is 1120. The maximum atomic E-state index is 14.4. The summed E-state index contributed by atoms with van der Waals surface area (Å²) in [6, 6.07) is 0.764. The molecule has 1 amide bonds. The molecule has 3 heterocycles. The lowest BCUT2D eigenvalue weighted by molar-refractivity contribution is -0.130. The number of hydrogen-bond donors (Lipinski definition) is 1. The molecule has 2 saturated heterocycles. The number of likely N-dealkylation sites (tertiary alicyclic amines) is 1.